The van der Waals surface area contributed by atoms with Gasteiger partial charge < -0.3 is 10.1 Å². The zero-order chi connectivity index (χ0) is 14.6. The average molecular weight is 268 g/mol. The summed E-state index contributed by atoms with van der Waals surface area (Å²) in [6, 6.07) is 3.72. The van der Waals surface area contributed by atoms with Gasteiger partial charge in [-0.1, -0.05) is 0 Å². The minimum Gasteiger partial charge on any atom is -0.443 e. The number of anilines is 2. The molecule has 0 unspecified atom stereocenters. The van der Waals surface area contributed by atoms with Crippen LogP contribution in [0.15, 0.2) is 18.2 Å². The van der Waals surface area contributed by atoms with Crippen LogP contribution < -0.4 is 10.2 Å². The van der Waals surface area contributed by atoms with E-state index in [0.29, 0.717) is 12.1 Å². The van der Waals surface area contributed by atoms with Crippen molar-refractivity contribution in [3.63, 3.8) is 0 Å². The molecule has 0 spiro atoms. The van der Waals surface area contributed by atoms with Crippen LogP contribution in [-0.2, 0) is 9.53 Å². The van der Waals surface area contributed by atoms with Crippen LogP contribution in [0.25, 0.3) is 0 Å². The van der Waals surface area contributed by atoms with Crippen molar-refractivity contribution in [2.24, 2.45) is 0 Å². The molecule has 19 heavy (non-hydrogen) atoms. The van der Waals surface area contributed by atoms with Crippen LogP contribution in [0.5, 0.6) is 0 Å². The number of ether oxygens (including phenoxy) is 1. The Morgan fingerprint density at radius 1 is 1.42 bits per heavy atom. The maximum absolute atomic E-state index is 13.3. The third-order valence-electron chi connectivity index (χ3n) is 2.20. The molecule has 1 rings (SSSR count). The Morgan fingerprint density at radius 2 is 2.05 bits per heavy atom. The van der Waals surface area contributed by atoms with Gasteiger partial charge in [0.2, 0.25) is 6.41 Å². The second-order valence-corrected chi connectivity index (χ2v) is 4.96. The maximum Gasteiger partial charge on any atom is 0.414 e. The molecule has 0 atom stereocenters. The number of nitrogens with one attached hydrogen (secondary N) is 1. The van der Waals surface area contributed by atoms with E-state index in [1.165, 1.54) is 19.2 Å². The number of hydrogen-bond donors (Lipinski definition) is 1. The third kappa shape index (κ3) is 4.24. The zero-order valence-corrected chi connectivity index (χ0v) is 11.4. The van der Waals surface area contributed by atoms with Crippen molar-refractivity contribution in [3.05, 3.63) is 24.0 Å². The molecule has 0 fully saturated rings. The maximum atomic E-state index is 13.3. The molecular weight excluding hydrogens is 251 g/mol. The smallest absolute Gasteiger partial charge is 0.414 e. The minimum absolute atomic E-state index is 0.223. The van der Waals surface area contributed by atoms with E-state index < -0.39 is 17.5 Å². The molecule has 2 amide bonds. The molecule has 1 N–H and O–H groups in total. The topological polar surface area (TPSA) is 58.6 Å². The zero-order valence-electron chi connectivity index (χ0n) is 11.4. The molecule has 104 valence electrons. The van der Waals surface area contributed by atoms with Gasteiger partial charge in [0.1, 0.15) is 11.4 Å². The summed E-state index contributed by atoms with van der Waals surface area (Å²) in [5.41, 5.74) is -0.109. The van der Waals surface area contributed by atoms with Crippen LogP contribution in [0.2, 0.25) is 0 Å². The monoisotopic (exact) mass is 268 g/mol. The van der Waals surface area contributed by atoms with E-state index in [9.17, 15) is 14.0 Å². The Kier molecular flexibility index (Phi) is 4.47. The molecule has 0 saturated carbocycles. The molecule has 6 heteroatoms. The van der Waals surface area contributed by atoms with Crippen LogP contribution >= 0.6 is 0 Å². The van der Waals surface area contributed by atoms with Gasteiger partial charge in [0.15, 0.2) is 0 Å². The molecule has 0 aliphatic rings. The highest BCUT2D eigenvalue weighted by Gasteiger charge is 2.22. The van der Waals surface area contributed by atoms with Gasteiger partial charge in [-0.2, -0.15) is 0 Å². The molecule has 1 aromatic rings. The van der Waals surface area contributed by atoms with Crippen LogP contribution in [0.4, 0.5) is 20.6 Å². The highest BCUT2D eigenvalue weighted by atomic mass is 19.1. The summed E-state index contributed by atoms with van der Waals surface area (Å²) in [6.45, 7) is 5.19. The van der Waals surface area contributed by atoms with E-state index in [1.807, 2.05) is 0 Å². The summed E-state index contributed by atoms with van der Waals surface area (Å²) in [4.78, 5) is 23.5. The molecular formula is C13H17FN2O3. The van der Waals surface area contributed by atoms with Gasteiger partial charge in [0, 0.05) is 7.05 Å². The number of rotatable bonds is 3. The highest BCUT2D eigenvalue weighted by Crippen LogP contribution is 2.27. The van der Waals surface area contributed by atoms with Crippen molar-refractivity contribution < 1.29 is 18.7 Å². The summed E-state index contributed by atoms with van der Waals surface area (Å²) < 4.78 is 18.4. The number of halogens is 1. The molecule has 0 bridgehead atoms. The number of amides is 2. The number of nitrogens with zero attached hydrogens (tertiary/aromatic N) is 1. The number of hydrogen-bond acceptors (Lipinski definition) is 3. The Bertz CT molecular complexity index is 483. The van der Waals surface area contributed by atoms with E-state index in [0.717, 1.165) is 11.0 Å². The van der Waals surface area contributed by atoms with E-state index in [1.54, 1.807) is 20.8 Å². The predicted molar refractivity (Wildman–Crippen MR) is 70.7 cm³/mol. The Balaban J connectivity index is 3.03. The lowest BCUT2D eigenvalue weighted by atomic mass is 10.2. The first-order valence-corrected chi connectivity index (χ1v) is 5.71. The summed E-state index contributed by atoms with van der Waals surface area (Å²) >= 11 is 0. The van der Waals surface area contributed by atoms with E-state index >= 15 is 0 Å². The quantitative estimate of drug-likeness (QED) is 0.857. The fourth-order valence-corrected chi connectivity index (χ4v) is 1.40. The lowest BCUT2D eigenvalue weighted by molar-refractivity contribution is -0.105. The second-order valence-electron chi connectivity index (χ2n) is 4.96. The van der Waals surface area contributed by atoms with E-state index in [4.69, 9.17) is 4.74 Å². The summed E-state index contributed by atoms with van der Waals surface area (Å²) in [5, 5.41) is 2.41. The Labute approximate surface area is 111 Å². The highest BCUT2D eigenvalue weighted by molar-refractivity contribution is 5.94. The molecule has 0 radical (unpaired) electrons. The fraction of sp³-hybridized carbons (Fsp3) is 0.385. The van der Waals surface area contributed by atoms with Crippen molar-refractivity contribution >= 4 is 23.9 Å². The van der Waals surface area contributed by atoms with Gasteiger partial charge in [-0.25, -0.2) is 9.18 Å². The summed E-state index contributed by atoms with van der Waals surface area (Å²) in [7, 11) is 1.44. The average Bonchev–Trinajstić information content (AvgIpc) is 2.28. The van der Waals surface area contributed by atoms with Crippen LogP contribution in [0.3, 0.4) is 0 Å². The van der Waals surface area contributed by atoms with Gasteiger partial charge in [-0.3, -0.25) is 9.69 Å². The summed E-state index contributed by atoms with van der Waals surface area (Å²) in [6.07, 6.45) is -0.174. The van der Waals surface area contributed by atoms with Crippen molar-refractivity contribution in [2.45, 2.75) is 26.4 Å². The van der Waals surface area contributed by atoms with Crippen LogP contribution in [0, 0.1) is 5.82 Å². The van der Waals surface area contributed by atoms with Crippen molar-refractivity contribution in [1.29, 1.82) is 0 Å². The third-order valence-corrected chi connectivity index (χ3v) is 2.20. The molecule has 0 heterocycles. The van der Waals surface area contributed by atoms with Gasteiger partial charge >= 0.3 is 6.09 Å². The van der Waals surface area contributed by atoms with Gasteiger partial charge in [-0.15, -0.1) is 0 Å². The first-order valence-electron chi connectivity index (χ1n) is 5.71. The molecule has 0 aliphatic carbocycles. The fourth-order valence-electron chi connectivity index (χ4n) is 1.40. The number of carbonyl (C=O) groups is 2. The van der Waals surface area contributed by atoms with Crippen molar-refractivity contribution in [2.75, 3.05) is 17.3 Å². The first kappa shape index (κ1) is 14.9. The normalized spacial score (nSPS) is 10.8. The van der Waals surface area contributed by atoms with Gasteiger partial charge in [0.25, 0.3) is 0 Å². The SMILES string of the molecule is CN(C(=O)OC(C)(C)C)c1cc(F)ccc1NC=O. The molecule has 0 saturated heterocycles. The van der Waals surface area contributed by atoms with Gasteiger partial charge in [-0.05, 0) is 39.0 Å². The van der Waals surface area contributed by atoms with E-state index in [-0.39, 0.29) is 5.69 Å². The predicted octanol–water partition coefficient (Wildman–Crippen LogP) is 2.77. The number of benzene rings is 1. The minimum atomic E-state index is -0.656. The first-order chi connectivity index (χ1) is 8.74. The number of carbonyl (C=O) groups excluding carboxylic acids is 2. The molecule has 0 aromatic heterocycles. The summed E-state index contributed by atoms with van der Waals surface area (Å²) in [5.74, 6) is -0.512. The van der Waals surface area contributed by atoms with Crippen molar-refractivity contribution in [3.8, 4) is 0 Å². The molecule has 0 aliphatic heterocycles. The second kappa shape index (κ2) is 5.69. The Hall–Kier alpha value is -2.11. The van der Waals surface area contributed by atoms with Crippen molar-refractivity contribution in [1.82, 2.24) is 0 Å². The lowest BCUT2D eigenvalue weighted by Crippen LogP contribution is -2.34. The van der Waals surface area contributed by atoms with Gasteiger partial charge in [0.05, 0.1) is 11.4 Å². The van der Waals surface area contributed by atoms with Crippen LogP contribution in [-0.4, -0.2) is 25.2 Å². The lowest BCUT2D eigenvalue weighted by Gasteiger charge is -2.25. The Morgan fingerprint density at radius 3 is 2.58 bits per heavy atom. The largest absolute Gasteiger partial charge is 0.443 e. The molecule has 1 aromatic carbocycles. The standard InChI is InChI=1S/C13H17FN2O3/c1-13(2,3)19-12(18)16(4)11-7-9(14)5-6-10(11)15-8-17/h5-8H,1-4H3,(H,15,17). The van der Waals surface area contributed by atoms with Crippen LogP contribution in [0.1, 0.15) is 20.8 Å². The molecule has 5 nitrogen and oxygen atoms in total. The van der Waals surface area contributed by atoms with E-state index in [2.05, 4.69) is 5.32 Å².